The van der Waals surface area contributed by atoms with E-state index >= 15 is 0 Å². The number of nitrogens with zero attached hydrogens (tertiary/aromatic N) is 3. The second kappa shape index (κ2) is 7.73. The summed E-state index contributed by atoms with van der Waals surface area (Å²) in [7, 11) is 1.84. The number of nitrogens with one attached hydrogen (secondary N) is 1. The second-order valence-corrected chi connectivity index (χ2v) is 7.18. The Labute approximate surface area is 138 Å². The third kappa shape index (κ3) is 5.78. The van der Waals surface area contributed by atoms with Gasteiger partial charge in [-0.25, -0.2) is 14.8 Å². The van der Waals surface area contributed by atoms with Crippen molar-refractivity contribution < 1.29 is 9.53 Å². The van der Waals surface area contributed by atoms with Crippen molar-refractivity contribution in [2.75, 3.05) is 7.05 Å². The largest absolute Gasteiger partial charge is 0.444 e. The van der Waals surface area contributed by atoms with E-state index in [1.807, 2.05) is 33.9 Å². The van der Waals surface area contributed by atoms with E-state index in [1.165, 1.54) is 0 Å². The van der Waals surface area contributed by atoms with Crippen molar-refractivity contribution in [3.05, 3.63) is 24.3 Å². The predicted molar refractivity (Wildman–Crippen MR) is 88.9 cm³/mol. The normalized spacial score (nSPS) is 21.7. The lowest BCUT2D eigenvalue weighted by molar-refractivity contribution is 0.0179. The maximum atomic E-state index is 12.1. The molecular formula is C17H28N4O2. The summed E-state index contributed by atoms with van der Waals surface area (Å²) in [6.07, 6.45) is 7.22. The maximum Gasteiger partial charge on any atom is 0.410 e. The van der Waals surface area contributed by atoms with Crippen molar-refractivity contribution in [2.45, 2.75) is 70.7 Å². The summed E-state index contributed by atoms with van der Waals surface area (Å²) in [5, 5.41) is 3.54. The van der Waals surface area contributed by atoms with Crippen LogP contribution >= 0.6 is 0 Å². The Balaban J connectivity index is 1.74. The molecule has 6 heteroatoms. The first-order chi connectivity index (χ1) is 10.8. The van der Waals surface area contributed by atoms with Gasteiger partial charge in [-0.3, -0.25) is 0 Å². The van der Waals surface area contributed by atoms with Gasteiger partial charge in [-0.05, 0) is 52.5 Å². The molecule has 128 valence electrons. The molecule has 1 amide bonds. The highest BCUT2D eigenvalue weighted by molar-refractivity contribution is 5.68. The highest BCUT2D eigenvalue weighted by atomic mass is 16.6. The molecule has 6 nitrogen and oxygen atoms in total. The van der Waals surface area contributed by atoms with Crippen LogP contribution in [-0.4, -0.2) is 45.7 Å². The van der Waals surface area contributed by atoms with Crippen molar-refractivity contribution in [2.24, 2.45) is 0 Å². The zero-order chi connectivity index (χ0) is 16.9. The third-order valence-electron chi connectivity index (χ3n) is 4.14. The van der Waals surface area contributed by atoms with E-state index in [0.717, 1.165) is 37.9 Å². The van der Waals surface area contributed by atoms with Crippen LogP contribution in [0, 0.1) is 0 Å². The Morgan fingerprint density at radius 3 is 2.61 bits per heavy atom. The van der Waals surface area contributed by atoms with Gasteiger partial charge in [-0.2, -0.15) is 0 Å². The average Bonchev–Trinajstić information content (AvgIpc) is 2.52. The monoisotopic (exact) mass is 320 g/mol. The molecule has 0 spiro atoms. The molecule has 0 aromatic carbocycles. The molecule has 1 saturated carbocycles. The van der Waals surface area contributed by atoms with Gasteiger partial charge in [0.1, 0.15) is 11.9 Å². The Kier molecular flexibility index (Phi) is 5.93. The number of hydrogen-bond acceptors (Lipinski definition) is 5. The number of carbonyl (C=O) groups excluding carboxylic acids is 1. The Morgan fingerprint density at radius 1 is 1.35 bits per heavy atom. The first-order valence-electron chi connectivity index (χ1n) is 8.29. The standard InChI is InChI=1S/C17H28N4O2/c1-17(2,3)23-16(22)21(4)15-7-5-13(6-8-15)19-11-14-9-10-18-12-20-14/h9-10,12-13,15,19H,5-8,11H2,1-4H3. The highest BCUT2D eigenvalue weighted by Crippen LogP contribution is 2.24. The van der Waals surface area contributed by atoms with Crippen LogP contribution in [0.15, 0.2) is 18.6 Å². The lowest BCUT2D eigenvalue weighted by Crippen LogP contribution is -2.44. The summed E-state index contributed by atoms with van der Waals surface area (Å²) in [5.41, 5.74) is 0.565. The first kappa shape index (κ1) is 17.7. The lowest BCUT2D eigenvalue weighted by atomic mass is 9.90. The number of rotatable bonds is 4. The van der Waals surface area contributed by atoms with Crippen LogP contribution in [0.25, 0.3) is 0 Å². The van der Waals surface area contributed by atoms with Crippen LogP contribution in [0.1, 0.15) is 52.1 Å². The van der Waals surface area contributed by atoms with Gasteiger partial charge in [0.25, 0.3) is 0 Å². The Morgan fingerprint density at radius 2 is 2.04 bits per heavy atom. The second-order valence-electron chi connectivity index (χ2n) is 7.18. The zero-order valence-electron chi connectivity index (χ0n) is 14.6. The first-order valence-corrected chi connectivity index (χ1v) is 8.29. The van der Waals surface area contributed by atoms with E-state index in [9.17, 15) is 4.79 Å². The number of carbonyl (C=O) groups is 1. The number of aromatic nitrogens is 2. The van der Waals surface area contributed by atoms with Crippen molar-refractivity contribution in [1.29, 1.82) is 0 Å². The molecular weight excluding hydrogens is 292 g/mol. The van der Waals surface area contributed by atoms with Crippen LogP contribution in [0.5, 0.6) is 0 Å². The molecule has 23 heavy (non-hydrogen) atoms. The van der Waals surface area contributed by atoms with E-state index in [0.29, 0.717) is 6.04 Å². The highest BCUT2D eigenvalue weighted by Gasteiger charge is 2.29. The summed E-state index contributed by atoms with van der Waals surface area (Å²) in [4.78, 5) is 22.0. The molecule has 0 radical (unpaired) electrons. The fourth-order valence-electron chi connectivity index (χ4n) is 2.82. The van der Waals surface area contributed by atoms with Crippen LogP contribution < -0.4 is 5.32 Å². The third-order valence-corrected chi connectivity index (χ3v) is 4.14. The van der Waals surface area contributed by atoms with Gasteiger partial charge in [0.05, 0.1) is 5.69 Å². The average molecular weight is 320 g/mol. The molecule has 1 N–H and O–H groups in total. The van der Waals surface area contributed by atoms with E-state index < -0.39 is 5.60 Å². The van der Waals surface area contributed by atoms with Gasteiger partial charge < -0.3 is 15.0 Å². The minimum atomic E-state index is -0.443. The molecule has 1 aromatic rings. The quantitative estimate of drug-likeness (QED) is 0.924. The molecule has 0 atom stereocenters. The number of amides is 1. The van der Waals surface area contributed by atoms with Crippen molar-refractivity contribution in [3.63, 3.8) is 0 Å². The topological polar surface area (TPSA) is 67.3 Å². The molecule has 1 heterocycles. The van der Waals surface area contributed by atoms with Crippen molar-refractivity contribution in [1.82, 2.24) is 20.2 Å². The van der Waals surface area contributed by atoms with Crippen molar-refractivity contribution in [3.8, 4) is 0 Å². The van der Waals surface area contributed by atoms with Gasteiger partial charge in [0.15, 0.2) is 0 Å². The smallest absolute Gasteiger partial charge is 0.410 e. The number of hydrogen-bond donors (Lipinski definition) is 1. The Bertz CT molecular complexity index is 493. The molecule has 1 fully saturated rings. The fourth-order valence-corrected chi connectivity index (χ4v) is 2.82. The van der Waals surface area contributed by atoms with Gasteiger partial charge in [-0.15, -0.1) is 0 Å². The Hall–Kier alpha value is -1.69. The molecule has 0 saturated heterocycles. The minimum absolute atomic E-state index is 0.227. The zero-order valence-corrected chi connectivity index (χ0v) is 14.6. The fraction of sp³-hybridized carbons (Fsp3) is 0.706. The van der Waals surface area contributed by atoms with E-state index in [1.54, 1.807) is 17.4 Å². The molecule has 2 rings (SSSR count). The van der Waals surface area contributed by atoms with Crippen LogP contribution in [-0.2, 0) is 11.3 Å². The van der Waals surface area contributed by atoms with Gasteiger partial charge in [0, 0.05) is 31.9 Å². The molecule has 1 aromatic heterocycles. The van der Waals surface area contributed by atoms with E-state index in [2.05, 4.69) is 15.3 Å². The summed E-state index contributed by atoms with van der Waals surface area (Å²) >= 11 is 0. The molecule has 1 aliphatic rings. The van der Waals surface area contributed by atoms with E-state index in [-0.39, 0.29) is 12.1 Å². The molecule has 1 aliphatic carbocycles. The lowest BCUT2D eigenvalue weighted by Gasteiger charge is -2.35. The van der Waals surface area contributed by atoms with Gasteiger partial charge in [0.2, 0.25) is 0 Å². The molecule has 0 bridgehead atoms. The van der Waals surface area contributed by atoms with E-state index in [4.69, 9.17) is 4.74 Å². The van der Waals surface area contributed by atoms with Gasteiger partial charge >= 0.3 is 6.09 Å². The minimum Gasteiger partial charge on any atom is -0.444 e. The van der Waals surface area contributed by atoms with Crippen molar-refractivity contribution >= 4 is 6.09 Å². The summed E-state index contributed by atoms with van der Waals surface area (Å²) in [6.45, 7) is 6.45. The molecule has 0 aliphatic heterocycles. The summed E-state index contributed by atoms with van der Waals surface area (Å²) in [6, 6.07) is 2.67. The summed E-state index contributed by atoms with van der Waals surface area (Å²) < 4.78 is 5.44. The predicted octanol–water partition coefficient (Wildman–Crippen LogP) is 2.74. The number of ether oxygens (including phenoxy) is 1. The van der Waals surface area contributed by atoms with Crippen LogP contribution in [0.4, 0.5) is 4.79 Å². The van der Waals surface area contributed by atoms with Crippen LogP contribution in [0.2, 0.25) is 0 Å². The summed E-state index contributed by atoms with van der Waals surface area (Å²) in [5.74, 6) is 0. The van der Waals surface area contributed by atoms with Gasteiger partial charge in [-0.1, -0.05) is 0 Å². The molecule has 0 unspecified atom stereocenters. The maximum absolute atomic E-state index is 12.1. The van der Waals surface area contributed by atoms with Crippen LogP contribution in [0.3, 0.4) is 0 Å². The SMILES string of the molecule is CN(C(=O)OC(C)(C)C)C1CCC(NCc2ccncn2)CC1.